The average Bonchev–Trinajstić information content (AvgIpc) is 3.09. The van der Waals surface area contributed by atoms with Gasteiger partial charge in [-0.05, 0) is 43.5 Å². The molecule has 3 atom stereocenters. The number of carbonyl (C=O) groups excluding carboxylic acids is 2. The highest BCUT2D eigenvalue weighted by atomic mass is 32.2. The summed E-state index contributed by atoms with van der Waals surface area (Å²) in [5, 5.41) is 0. The molecule has 1 aliphatic heterocycles. The van der Waals surface area contributed by atoms with Gasteiger partial charge in [0.15, 0.2) is 0 Å². The lowest BCUT2D eigenvalue weighted by Gasteiger charge is -2.33. The molecular formula is C22H28N4O2S2. The van der Waals surface area contributed by atoms with Crippen LogP contribution in [0.1, 0.15) is 18.4 Å². The number of hydrogen-bond acceptors (Lipinski definition) is 6. The van der Waals surface area contributed by atoms with E-state index in [-0.39, 0.29) is 16.5 Å². The summed E-state index contributed by atoms with van der Waals surface area (Å²) in [6.07, 6.45) is 1.51. The van der Waals surface area contributed by atoms with Crippen LogP contribution in [0.3, 0.4) is 0 Å². The summed E-state index contributed by atoms with van der Waals surface area (Å²) in [7, 11) is 1.65. The molecule has 30 heavy (non-hydrogen) atoms. The summed E-state index contributed by atoms with van der Waals surface area (Å²) < 4.78 is -0.336. The molecule has 1 unspecified atom stereocenters. The van der Waals surface area contributed by atoms with Gasteiger partial charge in [-0.3, -0.25) is 14.5 Å². The lowest BCUT2D eigenvalue weighted by atomic mass is 10.0. The minimum atomic E-state index is -0.724. The fourth-order valence-electron chi connectivity index (χ4n) is 3.59. The molecule has 0 saturated carbocycles. The van der Waals surface area contributed by atoms with Crippen LogP contribution in [-0.2, 0) is 16.0 Å². The predicted molar refractivity (Wildman–Crippen MR) is 126 cm³/mol. The summed E-state index contributed by atoms with van der Waals surface area (Å²) in [5.41, 5.74) is 13.7. The maximum atomic E-state index is 13.5. The van der Waals surface area contributed by atoms with Crippen molar-refractivity contribution in [3.05, 3.63) is 60.2 Å². The van der Waals surface area contributed by atoms with Crippen LogP contribution in [-0.4, -0.2) is 47.1 Å². The Hall–Kier alpha value is -2.00. The molecule has 4 N–H and O–H groups in total. The van der Waals surface area contributed by atoms with E-state index in [9.17, 15) is 9.59 Å². The number of likely N-dealkylation sites (N-methyl/N-ethyl adjacent to an activating group) is 1. The molecule has 0 fully saturated rings. The molecule has 1 heterocycles. The Morgan fingerprint density at radius 2 is 1.83 bits per heavy atom. The zero-order chi connectivity index (χ0) is 21.7. The molecule has 8 heteroatoms. The van der Waals surface area contributed by atoms with Crippen LogP contribution in [0.2, 0.25) is 0 Å². The van der Waals surface area contributed by atoms with Gasteiger partial charge in [0.1, 0.15) is 10.7 Å². The molecule has 2 aromatic carbocycles. The molecule has 0 spiro atoms. The van der Waals surface area contributed by atoms with Crippen LogP contribution in [0.4, 0.5) is 5.69 Å². The van der Waals surface area contributed by atoms with Crippen LogP contribution >= 0.6 is 24.4 Å². The Bertz CT molecular complexity index is 880. The predicted octanol–water partition coefficient (Wildman–Crippen LogP) is 2.47. The van der Waals surface area contributed by atoms with Crippen LogP contribution in [0.5, 0.6) is 0 Å². The maximum Gasteiger partial charge on any atom is 0.251 e. The number of carbonyl (C=O) groups is 2. The monoisotopic (exact) mass is 444 g/mol. The molecule has 2 amide bonds. The summed E-state index contributed by atoms with van der Waals surface area (Å²) >= 11 is 6.11. The van der Waals surface area contributed by atoms with Crippen molar-refractivity contribution in [3.8, 4) is 0 Å². The number of fused-ring (bicyclic) bond motifs is 1. The van der Waals surface area contributed by atoms with E-state index in [4.69, 9.17) is 11.5 Å². The van der Waals surface area contributed by atoms with Gasteiger partial charge in [0, 0.05) is 11.9 Å². The SMILES string of the molecule is CN(C(=O)[C@@H](N)Cc1ccccc1)[C@@H](CCCN)C(=O)N1c2ccccc2SC1S. The molecule has 3 rings (SSSR count). The van der Waals surface area contributed by atoms with Crippen molar-refractivity contribution >= 4 is 41.9 Å². The Labute approximate surface area is 187 Å². The van der Waals surface area contributed by atoms with Gasteiger partial charge in [-0.25, -0.2) is 0 Å². The van der Waals surface area contributed by atoms with Crippen LogP contribution in [0.25, 0.3) is 0 Å². The zero-order valence-corrected chi connectivity index (χ0v) is 18.7. The molecule has 2 aromatic rings. The van der Waals surface area contributed by atoms with Gasteiger partial charge in [0.2, 0.25) is 5.91 Å². The van der Waals surface area contributed by atoms with Crippen molar-refractivity contribution < 1.29 is 9.59 Å². The van der Waals surface area contributed by atoms with Crippen molar-refractivity contribution in [2.75, 3.05) is 18.5 Å². The number of benzene rings is 2. The normalized spacial score (nSPS) is 17.3. The molecule has 160 valence electrons. The number of amides is 2. The molecular weight excluding hydrogens is 416 g/mol. The second kappa shape index (κ2) is 10.3. The topological polar surface area (TPSA) is 92.7 Å². The van der Waals surface area contributed by atoms with Crippen LogP contribution in [0, 0.1) is 0 Å². The third-order valence-electron chi connectivity index (χ3n) is 5.21. The highest BCUT2D eigenvalue weighted by Crippen LogP contribution is 2.45. The first-order valence-corrected chi connectivity index (χ1v) is 11.4. The lowest BCUT2D eigenvalue weighted by molar-refractivity contribution is -0.139. The lowest BCUT2D eigenvalue weighted by Crippen LogP contribution is -2.54. The third-order valence-corrected chi connectivity index (χ3v) is 6.78. The maximum absolute atomic E-state index is 13.5. The number of hydrogen-bond donors (Lipinski definition) is 3. The average molecular weight is 445 g/mol. The Morgan fingerprint density at radius 1 is 1.17 bits per heavy atom. The first-order chi connectivity index (χ1) is 14.4. The van der Waals surface area contributed by atoms with Crippen LogP contribution in [0.15, 0.2) is 59.5 Å². The fourth-order valence-corrected chi connectivity index (χ4v) is 5.17. The molecule has 6 nitrogen and oxygen atoms in total. The highest BCUT2D eigenvalue weighted by molar-refractivity contribution is 8.11. The van der Waals surface area contributed by atoms with E-state index in [2.05, 4.69) is 12.6 Å². The largest absolute Gasteiger partial charge is 0.332 e. The Balaban J connectivity index is 1.79. The summed E-state index contributed by atoms with van der Waals surface area (Å²) in [5.74, 6) is -0.422. The summed E-state index contributed by atoms with van der Waals surface area (Å²) in [6.45, 7) is 0.442. The molecule has 0 aliphatic carbocycles. The third kappa shape index (κ3) is 5.00. The molecule has 0 saturated heterocycles. The van der Waals surface area contributed by atoms with E-state index < -0.39 is 12.1 Å². The van der Waals surface area contributed by atoms with E-state index in [0.717, 1.165) is 16.1 Å². The van der Waals surface area contributed by atoms with Crippen molar-refractivity contribution in [2.24, 2.45) is 11.5 Å². The van der Waals surface area contributed by atoms with Gasteiger partial charge in [-0.2, -0.15) is 0 Å². The quantitative estimate of drug-likeness (QED) is 0.544. The van der Waals surface area contributed by atoms with Crippen molar-refractivity contribution in [1.82, 2.24) is 4.90 Å². The number of rotatable bonds is 8. The summed E-state index contributed by atoms with van der Waals surface area (Å²) in [6, 6.07) is 16.0. The first-order valence-electron chi connectivity index (χ1n) is 9.97. The number of thiol groups is 1. The van der Waals surface area contributed by atoms with Gasteiger partial charge in [-0.1, -0.05) is 54.2 Å². The van der Waals surface area contributed by atoms with Gasteiger partial charge in [0.05, 0.1) is 11.7 Å². The molecule has 1 aliphatic rings. The highest BCUT2D eigenvalue weighted by Gasteiger charge is 2.39. The van der Waals surface area contributed by atoms with Crippen molar-refractivity contribution in [2.45, 2.75) is 40.9 Å². The van der Waals surface area contributed by atoms with Crippen molar-refractivity contribution in [1.29, 1.82) is 0 Å². The Kier molecular flexibility index (Phi) is 7.82. The van der Waals surface area contributed by atoms with E-state index in [1.54, 1.807) is 11.9 Å². The number of anilines is 1. The second-order valence-electron chi connectivity index (χ2n) is 7.31. The standard InChI is InChI=1S/C22H28N4O2S2/c1-25(20(27)16(24)14-15-8-3-2-4-9-15)18(11-7-13-23)21(28)26-17-10-5-6-12-19(17)30-22(26)29/h2-6,8-10,12,16,18,22,29H,7,11,13-14,23-24H2,1H3/t16-,18-,22?/m0/s1. The number of nitrogens with zero attached hydrogens (tertiary/aromatic N) is 2. The zero-order valence-electron chi connectivity index (χ0n) is 17.0. The summed E-state index contributed by atoms with van der Waals surface area (Å²) in [4.78, 5) is 30.8. The fraction of sp³-hybridized carbons (Fsp3) is 0.364. The van der Waals surface area contributed by atoms with Gasteiger partial charge >= 0.3 is 0 Å². The van der Waals surface area contributed by atoms with Gasteiger partial charge < -0.3 is 16.4 Å². The molecule has 0 bridgehead atoms. The minimum absolute atomic E-state index is 0.163. The number of para-hydroxylation sites is 1. The number of nitrogens with two attached hydrogens (primary N) is 2. The minimum Gasteiger partial charge on any atom is -0.332 e. The number of thioether (sulfide) groups is 1. The Morgan fingerprint density at radius 3 is 2.53 bits per heavy atom. The molecule has 0 aromatic heterocycles. The molecule has 0 radical (unpaired) electrons. The van der Waals surface area contributed by atoms with E-state index in [1.165, 1.54) is 16.7 Å². The smallest absolute Gasteiger partial charge is 0.251 e. The second-order valence-corrected chi connectivity index (χ2v) is 9.27. The van der Waals surface area contributed by atoms with Gasteiger partial charge in [-0.15, -0.1) is 12.6 Å². The van der Waals surface area contributed by atoms with Crippen LogP contribution < -0.4 is 16.4 Å². The van der Waals surface area contributed by atoms with E-state index >= 15 is 0 Å². The van der Waals surface area contributed by atoms with Crippen molar-refractivity contribution in [3.63, 3.8) is 0 Å². The first kappa shape index (κ1) is 22.7. The van der Waals surface area contributed by atoms with E-state index in [0.29, 0.717) is 25.8 Å². The van der Waals surface area contributed by atoms with E-state index in [1.807, 2.05) is 54.6 Å². The van der Waals surface area contributed by atoms with Gasteiger partial charge in [0.25, 0.3) is 5.91 Å².